The first-order valence-corrected chi connectivity index (χ1v) is 3.73. The topological polar surface area (TPSA) is 13.1 Å². The highest BCUT2D eigenvalue weighted by atomic mass is 35.5. The van der Waals surface area contributed by atoms with Crippen LogP contribution in [-0.2, 0) is 0 Å². The van der Waals surface area contributed by atoms with Gasteiger partial charge in [-0.05, 0) is 24.6 Å². The molecule has 0 amide bonds. The van der Waals surface area contributed by atoms with Crippen LogP contribution in [0.2, 0.25) is 0 Å². The summed E-state index contributed by atoms with van der Waals surface area (Å²) in [6, 6.07) is 3.77. The fourth-order valence-corrected chi connectivity index (χ4v) is 0.775. The van der Waals surface area contributed by atoms with Crippen molar-refractivity contribution in [3.8, 4) is 0 Å². The molecule has 0 aliphatic carbocycles. The normalized spacial score (nSPS) is 10.9. The highest BCUT2D eigenvalue weighted by Crippen LogP contribution is 2.02. The monoisotopic (exact) mass is 156 g/mol. The third-order valence-corrected chi connectivity index (χ3v) is 1.32. The summed E-state index contributed by atoms with van der Waals surface area (Å²) in [5.74, 6) is 1.54. The van der Waals surface area contributed by atoms with Crippen LogP contribution in [0.3, 0.4) is 0 Å². The van der Waals surface area contributed by atoms with Crippen LogP contribution in [0.4, 0.5) is 0 Å². The number of allylic oxidation sites excluding steroid dienone is 1. The lowest BCUT2D eigenvalue weighted by molar-refractivity contribution is 0.557. The second-order valence-electron chi connectivity index (χ2n) is 1.90. The van der Waals surface area contributed by atoms with Crippen molar-refractivity contribution >= 4 is 17.7 Å². The number of alkyl halides is 1. The van der Waals surface area contributed by atoms with Gasteiger partial charge in [0.1, 0.15) is 5.76 Å². The van der Waals surface area contributed by atoms with Crippen molar-refractivity contribution in [1.29, 1.82) is 0 Å². The van der Waals surface area contributed by atoms with Gasteiger partial charge in [0.15, 0.2) is 0 Å². The number of rotatable bonds is 3. The van der Waals surface area contributed by atoms with Crippen molar-refractivity contribution in [2.45, 2.75) is 6.42 Å². The molecule has 0 aromatic carbocycles. The molecule has 0 unspecified atom stereocenters. The highest BCUT2D eigenvalue weighted by molar-refractivity contribution is 6.17. The average Bonchev–Trinajstić information content (AvgIpc) is 2.41. The van der Waals surface area contributed by atoms with Gasteiger partial charge in [-0.3, -0.25) is 0 Å². The minimum atomic E-state index is 0.664. The number of hydrogen-bond acceptors (Lipinski definition) is 1. The van der Waals surface area contributed by atoms with E-state index in [-0.39, 0.29) is 0 Å². The maximum Gasteiger partial charge on any atom is 0.126 e. The lowest BCUT2D eigenvalue weighted by atomic mass is 10.3. The summed E-state index contributed by atoms with van der Waals surface area (Å²) >= 11 is 5.46. The Morgan fingerprint density at radius 1 is 1.60 bits per heavy atom. The first kappa shape index (κ1) is 7.42. The lowest BCUT2D eigenvalue weighted by Gasteiger charge is -1.82. The standard InChI is InChI=1S/C8H9ClO/c9-6-2-1-4-8-5-3-7-10-8/h1,3-5,7H,2,6H2. The van der Waals surface area contributed by atoms with Crippen LogP contribution >= 0.6 is 11.6 Å². The number of hydrogen-bond donors (Lipinski definition) is 0. The van der Waals surface area contributed by atoms with E-state index in [4.69, 9.17) is 16.0 Å². The van der Waals surface area contributed by atoms with Gasteiger partial charge in [-0.15, -0.1) is 11.6 Å². The van der Waals surface area contributed by atoms with E-state index in [9.17, 15) is 0 Å². The Morgan fingerprint density at radius 2 is 2.50 bits per heavy atom. The first-order chi connectivity index (χ1) is 4.93. The zero-order valence-corrected chi connectivity index (χ0v) is 6.34. The third kappa shape index (κ3) is 2.28. The summed E-state index contributed by atoms with van der Waals surface area (Å²) in [5, 5.41) is 0. The molecule has 0 bridgehead atoms. The second-order valence-corrected chi connectivity index (χ2v) is 2.27. The quantitative estimate of drug-likeness (QED) is 0.614. The van der Waals surface area contributed by atoms with Gasteiger partial charge in [0.05, 0.1) is 6.26 Å². The molecule has 0 radical (unpaired) electrons. The van der Waals surface area contributed by atoms with Crippen LogP contribution in [0.15, 0.2) is 28.9 Å². The molecule has 1 heterocycles. The maximum atomic E-state index is 5.46. The minimum absolute atomic E-state index is 0.664. The van der Waals surface area contributed by atoms with E-state index in [1.54, 1.807) is 6.26 Å². The largest absolute Gasteiger partial charge is 0.465 e. The van der Waals surface area contributed by atoms with Crippen molar-refractivity contribution in [1.82, 2.24) is 0 Å². The van der Waals surface area contributed by atoms with E-state index >= 15 is 0 Å². The molecule has 0 aliphatic rings. The molecule has 0 saturated carbocycles. The third-order valence-electron chi connectivity index (χ3n) is 1.10. The van der Waals surface area contributed by atoms with Crippen LogP contribution in [0, 0.1) is 0 Å². The molecule has 0 fully saturated rings. The van der Waals surface area contributed by atoms with Gasteiger partial charge >= 0.3 is 0 Å². The summed E-state index contributed by atoms with van der Waals surface area (Å²) in [7, 11) is 0. The number of furan rings is 1. The summed E-state index contributed by atoms with van der Waals surface area (Å²) in [6.07, 6.45) is 6.46. The Bertz CT molecular complexity index is 189. The zero-order chi connectivity index (χ0) is 7.23. The van der Waals surface area contributed by atoms with E-state index in [0.29, 0.717) is 5.88 Å². The van der Waals surface area contributed by atoms with E-state index in [2.05, 4.69) is 0 Å². The van der Waals surface area contributed by atoms with Crippen molar-refractivity contribution in [3.05, 3.63) is 30.2 Å². The van der Waals surface area contributed by atoms with Crippen LogP contribution in [0.5, 0.6) is 0 Å². The molecule has 1 aromatic heterocycles. The SMILES string of the molecule is ClCCC=Cc1ccco1. The molecule has 0 atom stereocenters. The van der Waals surface area contributed by atoms with E-state index in [0.717, 1.165) is 12.2 Å². The summed E-state index contributed by atoms with van der Waals surface area (Å²) < 4.78 is 5.05. The molecular weight excluding hydrogens is 148 g/mol. The van der Waals surface area contributed by atoms with Gasteiger partial charge in [-0.2, -0.15) is 0 Å². The molecule has 0 N–H and O–H groups in total. The van der Waals surface area contributed by atoms with Crippen molar-refractivity contribution in [3.63, 3.8) is 0 Å². The van der Waals surface area contributed by atoms with E-state index in [1.165, 1.54) is 0 Å². The second kappa shape index (κ2) is 4.18. The predicted octanol–water partition coefficient (Wildman–Crippen LogP) is 2.92. The van der Waals surface area contributed by atoms with Crippen molar-refractivity contribution in [2.75, 3.05) is 5.88 Å². The van der Waals surface area contributed by atoms with Crippen LogP contribution in [-0.4, -0.2) is 5.88 Å². The Hall–Kier alpha value is -0.690. The Morgan fingerprint density at radius 3 is 3.10 bits per heavy atom. The molecule has 0 saturated heterocycles. The van der Waals surface area contributed by atoms with Gasteiger partial charge in [0.25, 0.3) is 0 Å². The van der Waals surface area contributed by atoms with E-state index < -0.39 is 0 Å². The van der Waals surface area contributed by atoms with E-state index in [1.807, 2.05) is 24.3 Å². The van der Waals surface area contributed by atoms with Gasteiger partial charge in [-0.1, -0.05) is 6.08 Å². The summed E-state index contributed by atoms with van der Waals surface area (Å²) in [6.45, 7) is 0. The molecule has 1 aromatic rings. The summed E-state index contributed by atoms with van der Waals surface area (Å²) in [5.41, 5.74) is 0. The Kier molecular flexibility index (Phi) is 3.10. The van der Waals surface area contributed by atoms with Gasteiger partial charge < -0.3 is 4.42 Å². The Labute approximate surface area is 65.3 Å². The minimum Gasteiger partial charge on any atom is -0.465 e. The zero-order valence-electron chi connectivity index (χ0n) is 5.59. The van der Waals surface area contributed by atoms with Gasteiger partial charge in [0.2, 0.25) is 0 Å². The molecular formula is C8H9ClO. The predicted molar refractivity (Wildman–Crippen MR) is 43.1 cm³/mol. The number of halogens is 1. The van der Waals surface area contributed by atoms with Crippen LogP contribution < -0.4 is 0 Å². The molecule has 0 spiro atoms. The van der Waals surface area contributed by atoms with Gasteiger partial charge in [0, 0.05) is 5.88 Å². The van der Waals surface area contributed by atoms with Crippen LogP contribution in [0.25, 0.3) is 6.08 Å². The molecule has 2 heteroatoms. The average molecular weight is 157 g/mol. The van der Waals surface area contributed by atoms with Gasteiger partial charge in [-0.25, -0.2) is 0 Å². The van der Waals surface area contributed by atoms with Crippen molar-refractivity contribution < 1.29 is 4.42 Å². The molecule has 1 rings (SSSR count). The maximum absolute atomic E-state index is 5.46. The molecule has 0 aliphatic heterocycles. The highest BCUT2D eigenvalue weighted by Gasteiger charge is 1.84. The molecule has 10 heavy (non-hydrogen) atoms. The van der Waals surface area contributed by atoms with Crippen LogP contribution in [0.1, 0.15) is 12.2 Å². The van der Waals surface area contributed by atoms with Crippen molar-refractivity contribution in [2.24, 2.45) is 0 Å². The first-order valence-electron chi connectivity index (χ1n) is 3.19. The Balaban J connectivity index is 2.40. The fourth-order valence-electron chi connectivity index (χ4n) is 0.649. The smallest absolute Gasteiger partial charge is 0.126 e. The molecule has 54 valence electrons. The fraction of sp³-hybridized carbons (Fsp3) is 0.250. The summed E-state index contributed by atoms with van der Waals surface area (Å²) in [4.78, 5) is 0. The lowest BCUT2D eigenvalue weighted by Crippen LogP contribution is -1.65. The molecule has 1 nitrogen and oxygen atoms in total.